The normalized spacial score (nSPS) is 17.2. The smallest absolute Gasteiger partial charge is 0.266 e. The number of hydrogen-bond donors (Lipinski definition) is 0. The van der Waals surface area contributed by atoms with Crippen LogP contribution >= 0.6 is 11.8 Å². The molecule has 1 amide bonds. The lowest BCUT2D eigenvalue weighted by Gasteiger charge is -2.12. The van der Waals surface area contributed by atoms with Crippen molar-refractivity contribution in [1.29, 1.82) is 0 Å². The number of methoxy groups -OCH3 is 1. The summed E-state index contributed by atoms with van der Waals surface area (Å²) in [7, 11) is 3.33. The number of likely N-dealkylation sites (N-methyl/N-ethyl adjacent to an activating group) is 1. The van der Waals surface area contributed by atoms with Crippen LogP contribution in [-0.4, -0.2) is 36.7 Å². The predicted molar refractivity (Wildman–Crippen MR) is 106 cm³/mol. The molecular weight excluding hydrogens is 348 g/mol. The predicted octanol–water partition coefficient (Wildman–Crippen LogP) is 4.33. The van der Waals surface area contributed by atoms with E-state index in [1.807, 2.05) is 61.5 Å². The Hall–Kier alpha value is -2.73. The second-order valence-electron chi connectivity index (χ2n) is 5.52. The summed E-state index contributed by atoms with van der Waals surface area (Å²) in [4.78, 5) is 19.3. The van der Waals surface area contributed by atoms with Crippen molar-refractivity contribution in [2.75, 3.05) is 20.8 Å². The summed E-state index contributed by atoms with van der Waals surface area (Å²) in [5.41, 5.74) is 1.61. The first-order chi connectivity index (χ1) is 12.6. The number of para-hydroxylation sites is 2. The highest BCUT2D eigenvalue weighted by Gasteiger charge is 2.30. The van der Waals surface area contributed by atoms with Crippen molar-refractivity contribution in [2.45, 2.75) is 6.92 Å². The van der Waals surface area contributed by atoms with Crippen molar-refractivity contribution in [3.05, 3.63) is 59.0 Å². The van der Waals surface area contributed by atoms with E-state index in [9.17, 15) is 4.79 Å². The largest absolute Gasteiger partial charge is 0.493 e. The number of carbonyl (C=O) groups excluding carboxylic acids is 1. The molecule has 0 N–H and O–H groups in total. The van der Waals surface area contributed by atoms with Gasteiger partial charge in [0.2, 0.25) is 0 Å². The fourth-order valence-electron chi connectivity index (χ4n) is 2.51. The second-order valence-corrected chi connectivity index (χ2v) is 6.53. The van der Waals surface area contributed by atoms with Gasteiger partial charge in [0.05, 0.1) is 24.3 Å². The summed E-state index contributed by atoms with van der Waals surface area (Å²) in [6.07, 6.45) is 1.82. The number of amidine groups is 1. The van der Waals surface area contributed by atoms with Gasteiger partial charge in [-0.25, -0.2) is 4.99 Å². The zero-order valence-corrected chi connectivity index (χ0v) is 15.7. The third-order valence-corrected chi connectivity index (χ3v) is 4.85. The van der Waals surface area contributed by atoms with E-state index in [2.05, 4.69) is 4.99 Å². The number of aliphatic imine (C=N–C) groups is 1. The highest BCUT2D eigenvalue weighted by Crippen LogP contribution is 2.37. The van der Waals surface area contributed by atoms with Gasteiger partial charge in [-0.2, -0.15) is 0 Å². The Labute approximate surface area is 157 Å². The van der Waals surface area contributed by atoms with Crippen LogP contribution in [0.25, 0.3) is 6.08 Å². The fraction of sp³-hybridized carbons (Fsp3) is 0.200. The highest BCUT2D eigenvalue weighted by atomic mass is 32.2. The molecule has 1 saturated heterocycles. The van der Waals surface area contributed by atoms with Crippen LogP contribution in [0.3, 0.4) is 0 Å². The molecule has 3 rings (SSSR count). The third-order valence-electron chi connectivity index (χ3n) is 3.79. The summed E-state index contributed by atoms with van der Waals surface area (Å²) in [5.74, 6) is 1.19. The van der Waals surface area contributed by atoms with Gasteiger partial charge in [-0.05, 0) is 43.0 Å². The molecule has 0 bridgehead atoms. The molecule has 1 fully saturated rings. The first-order valence-corrected chi connectivity index (χ1v) is 9.06. The van der Waals surface area contributed by atoms with E-state index in [4.69, 9.17) is 9.47 Å². The number of hydrogen-bond acceptors (Lipinski definition) is 5. The Morgan fingerprint density at radius 1 is 1.15 bits per heavy atom. The molecule has 0 aliphatic carbocycles. The Morgan fingerprint density at radius 3 is 2.62 bits per heavy atom. The van der Waals surface area contributed by atoms with Crippen LogP contribution < -0.4 is 9.47 Å². The van der Waals surface area contributed by atoms with Crippen LogP contribution in [0.5, 0.6) is 11.5 Å². The number of ether oxygens (including phenoxy) is 2. The Bertz CT molecular complexity index is 863. The Balaban J connectivity index is 1.95. The maximum Gasteiger partial charge on any atom is 0.266 e. The van der Waals surface area contributed by atoms with Gasteiger partial charge in [-0.1, -0.05) is 30.3 Å². The third kappa shape index (κ3) is 3.75. The molecule has 2 aromatic carbocycles. The molecule has 1 aliphatic rings. The molecule has 6 heteroatoms. The van der Waals surface area contributed by atoms with Crippen molar-refractivity contribution < 1.29 is 14.3 Å². The average Bonchev–Trinajstić information content (AvgIpc) is 2.92. The quantitative estimate of drug-likeness (QED) is 0.737. The van der Waals surface area contributed by atoms with Gasteiger partial charge < -0.3 is 9.47 Å². The Morgan fingerprint density at radius 2 is 1.92 bits per heavy atom. The molecule has 1 aliphatic heterocycles. The van der Waals surface area contributed by atoms with Crippen LogP contribution in [0.1, 0.15) is 12.5 Å². The second kappa shape index (κ2) is 8.10. The SMILES string of the molecule is CCOc1c(/C=C2\SC(=Nc3ccccc3)N(C)C2=O)cccc1OC. The molecule has 0 radical (unpaired) electrons. The first kappa shape index (κ1) is 18.1. The van der Waals surface area contributed by atoms with E-state index in [-0.39, 0.29) is 5.91 Å². The van der Waals surface area contributed by atoms with Gasteiger partial charge >= 0.3 is 0 Å². The minimum absolute atomic E-state index is 0.0880. The molecule has 1 heterocycles. The lowest BCUT2D eigenvalue weighted by molar-refractivity contribution is -0.121. The van der Waals surface area contributed by atoms with E-state index in [0.717, 1.165) is 11.3 Å². The van der Waals surface area contributed by atoms with Gasteiger partial charge in [0.25, 0.3) is 5.91 Å². The van der Waals surface area contributed by atoms with Gasteiger partial charge in [-0.15, -0.1) is 0 Å². The number of nitrogens with zero attached hydrogens (tertiary/aromatic N) is 2. The van der Waals surface area contributed by atoms with Crippen LogP contribution in [0, 0.1) is 0 Å². The van der Waals surface area contributed by atoms with Crippen molar-refractivity contribution in [3.63, 3.8) is 0 Å². The van der Waals surface area contributed by atoms with Crippen molar-refractivity contribution in [3.8, 4) is 11.5 Å². The zero-order chi connectivity index (χ0) is 18.5. The molecule has 2 aromatic rings. The molecule has 0 aromatic heterocycles. The zero-order valence-electron chi connectivity index (χ0n) is 14.9. The maximum absolute atomic E-state index is 12.6. The molecule has 26 heavy (non-hydrogen) atoms. The maximum atomic E-state index is 12.6. The summed E-state index contributed by atoms with van der Waals surface area (Å²) >= 11 is 1.35. The number of benzene rings is 2. The minimum Gasteiger partial charge on any atom is -0.493 e. The van der Waals surface area contributed by atoms with Gasteiger partial charge in [0.1, 0.15) is 0 Å². The van der Waals surface area contributed by atoms with E-state index in [1.165, 1.54) is 11.8 Å². The molecule has 0 unspecified atom stereocenters. The van der Waals surface area contributed by atoms with Crippen LogP contribution in [-0.2, 0) is 4.79 Å². The average molecular weight is 368 g/mol. The first-order valence-electron chi connectivity index (χ1n) is 8.25. The molecular formula is C20H20N2O3S. The van der Waals surface area contributed by atoms with Gasteiger partial charge in [0, 0.05) is 12.6 Å². The molecule has 0 atom stereocenters. The summed E-state index contributed by atoms with van der Waals surface area (Å²) in [6.45, 7) is 2.43. The molecule has 0 spiro atoms. The molecule has 134 valence electrons. The number of rotatable bonds is 5. The lowest BCUT2D eigenvalue weighted by atomic mass is 10.1. The van der Waals surface area contributed by atoms with Crippen LogP contribution in [0.4, 0.5) is 5.69 Å². The lowest BCUT2D eigenvalue weighted by Crippen LogP contribution is -2.23. The van der Waals surface area contributed by atoms with Gasteiger partial charge in [0.15, 0.2) is 16.7 Å². The van der Waals surface area contributed by atoms with Crippen LogP contribution in [0.15, 0.2) is 58.4 Å². The highest BCUT2D eigenvalue weighted by molar-refractivity contribution is 8.18. The Kier molecular flexibility index (Phi) is 5.63. The van der Waals surface area contributed by atoms with Crippen molar-refractivity contribution in [2.24, 2.45) is 4.99 Å². The number of carbonyl (C=O) groups is 1. The summed E-state index contributed by atoms with van der Waals surface area (Å²) < 4.78 is 11.1. The molecule has 5 nitrogen and oxygen atoms in total. The van der Waals surface area contributed by atoms with Crippen LogP contribution in [0.2, 0.25) is 0 Å². The van der Waals surface area contributed by atoms with E-state index < -0.39 is 0 Å². The van der Waals surface area contributed by atoms with E-state index in [0.29, 0.717) is 28.2 Å². The monoisotopic (exact) mass is 368 g/mol. The van der Waals surface area contributed by atoms with Crippen molar-refractivity contribution in [1.82, 2.24) is 4.90 Å². The summed E-state index contributed by atoms with van der Waals surface area (Å²) in [5, 5.41) is 0.647. The van der Waals surface area contributed by atoms with E-state index in [1.54, 1.807) is 19.1 Å². The van der Waals surface area contributed by atoms with E-state index >= 15 is 0 Å². The number of amides is 1. The standard InChI is InChI=1S/C20H20N2O3S/c1-4-25-18-14(9-8-12-16(18)24-3)13-17-19(23)22(2)20(26-17)21-15-10-6-5-7-11-15/h5-13H,4H2,1-3H3/b17-13-,21-20?. The number of thioether (sulfide) groups is 1. The fourth-order valence-corrected chi connectivity index (χ4v) is 3.49. The minimum atomic E-state index is -0.0880. The van der Waals surface area contributed by atoms with Gasteiger partial charge in [-0.3, -0.25) is 9.69 Å². The topological polar surface area (TPSA) is 51.1 Å². The van der Waals surface area contributed by atoms with Crippen molar-refractivity contribution >= 4 is 34.6 Å². The molecule has 0 saturated carbocycles. The summed E-state index contributed by atoms with van der Waals surface area (Å²) in [6, 6.07) is 15.2.